The first-order chi connectivity index (χ1) is 14.4. The van der Waals surface area contributed by atoms with Gasteiger partial charge in [-0.3, -0.25) is 10.1 Å². The number of amides is 1. The Bertz CT molecular complexity index is 1200. The van der Waals surface area contributed by atoms with Crippen LogP contribution in [0.15, 0.2) is 41.3 Å². The summed E-state index contributed by atoms with van der Waals surface area (Å²) in [6, 6.07) is 9.76. The van der Waals surface area contributed by atoms with E-state index < -0.39 is 10.0 Å². The molecule has 158 valence electrons. The second kappa shape index (κ2) is 8.21. The maximum Gasteiger partial charge on any atom is 0.261 e. The second-order valence-corrected chi connectivity index (χ2v) is 9.75. The molecule has 1 aromatic heterocycles. The van der Waals surface area contributed by atoms with E-state index in [1.807, 2.05) is 0 Å². The molecule has 10 heteroatoms. The van der Waals surface area contributed by atoms with Gasteiger partial charge < -0.3 is 9.47 Å². The molecule has 2 aromatic carbocycles. The molecule has 1 fully saturated rings. The molecule has 2 heterocycles. The predicted octanol–water partition coefficient (Wildman–Crippen LogP) is 3.35. The molecule has 1 saturated heterocycles. The van der Waals surface area contributed by atoms with Crippen molar-refractivity contribution in [1.29, 1.82) is 0 Å². The van der Waals surface area contributed by atoms with Crippen LogP contribution in [0.1, 0.15) is 23.2 Å². The number of methoxy groups -OCH3 is 2. The van der Waals surface area contributed by atoms with E-state index in [1.165, 1.54) is 29.9 Å². The number of aromatic nitrogens is 1. The molecule has 1 N–H and O–H groups in total. The number of hydrogen-bond acceptors (Lipinski definition) is 7. The Morgan fingerprint density at radius 3 is 2.57 bits per heavy atom. The highest BCUT2D eigenvalue weighted by atomic mass is 32.2. The summed E-state index contributed by atoms with van der Waals surface area (Å²) in [6.45, 7) is 1.10. The number of carbonyl (C=O) groups excluding carboxylic acids is 1. The number of benzene rings is 2. The van der Waals surface area contributed by atoms with Crippen molar-refractivity contribution in [3.63, 3.8) is 0 Å². The minimum absolute atomic E-state index is 0.246. The average molecular weight is 448 g/mol. The minimum atomic E-state index is -3.51. The summed E-state index contributed by atoms with van der Waals surface area (Å²) in [7, 11) is -0.493. The Hall–Kier alpha value is -2.69. The van der Waals surface area contributed by atoms with E-state index in [9.17, 15) is 13.2 Å². The van der Waals surface area contributed by atoms with Gasteiger partial charge in [-0.15, -0.1) is 0 Å². The van der Waals surface area contributed by atoms with Gasteiger partial charge in [0.25, 0.3) is 5.91 Å². The van der Waals surface area contributed by atoms with Crippen molar-refractivity contribution >= 4 is 42.6 Å². The van der Waals surface area contributed by atoms with Crippen LogP contribution >= 0.6 is 11.3 Å². The third kappa shape index (κ3) is 3.85. The Labute approximate surface area is 178 Å². The first kappa shape index (κ1) is 20.6. The SMILES string of the molecule is COc1ccc(C(=O)Nc2nc3ccc(S(=O)(=O)N4CCCC4)cc3s2)c(OC)c1. The topological polar surface area (TPSA) is 97.8 Å². The van der Waals surface area contributed by atoms with Crippen LogP contribution in [0, 0.1) is 0 Å². The van der Waals surface area contributed by atoms with Gasteiger partial charge in [-0.25, -0.2) is 13.4 Å². The molecule has 0 aliphatic carbocycles. The van der Waals surface area contributed by atoms with Gasteiger partial charge in [0.15, 0.2) is 5.13 Å². The Balaban J connectivity index is 1.59. The van der Waals surface area contributed by atoms with E-state index in [0.29, 0.717) is 45.5 Å². The number of nitrogens with one attached hydrogen (secondary N) is 1. The van der Waals surface area contributed by atoms with Crippen molar-refractivity contribution in [2.24, 2.45) is 0 Å². The summed E-state index contributed by atoms with van der Waals surface area (Å²) < 4.78 is 38.2. The first-order valence-electron chi connectivity index (χ1n) is 9.36. The monoisotopic (exact) mass is 447 g/mol. The highest BCUT2D eigenvalue weighted by Crippen LogP contribution is 2.31. The number of thiazole rings is 1. The van der Waals surface area contributed by atoms with Crippen LogP contribution in [-0.2, 0) is 10.0 Å². The van der Waals surface area contributed by atoms with E-state index in [0.717, 1.165) is 12.8 Å². The number of fused-ring (bicyclic) bond motifs is 1. The molecule has 3 aromatic rings. The van der Waals surface area contributed by atoms with Gasteiger partial charge >= 0.3 is 0 Å². The summed E-state index contributed by atoms with van der Waals surface area (Å²) >= 11 is 1.22. The molecule has 1 aliphatic rings. The molecule has 0 atom stereocenters. The zero-order chi connectivity index (χ0) is 21.3. The second-order valence-electron chi connectivity index (χ2n) is 6.78. The van der Waals surface area contributed by atoms with Gasteiger partial charge in [-0.05, 0) is 43.2 Å². The smallest absolute Gasteiger partial charge is 0.261 e. The Kier molecular flexibility index (Phi) is 5.63. The number of carbonyl (C=O) groups is 1. The lowest BCUT2D eigenvalue weighted by Gasteiger charge is -2.15. The van der Waals surface area contributed by atoms with E-state index >= 15 is 0 Å². The van der Waals surface area contributed by atoms with Crippen LogP contribution in [0.3, 0.4) is 0 Å². The minimum Gasteiger partial charge on any atom is -0.497 e. The summed E-state index contributed by atoms with van der Waals surface area (Å²) in [5.74, 6) is 0.584. The van der Waals surface area contributed by atoms with Gasteiger partial charge in [0, 0.05) is 19.2 Å². The fraction of sp³-hybridized carbons (Fsp3) is 0.300. The molecule has 0 saturated carbocycles. The molecule has 4 rings (SSSR count). The summed E-state index contributed by atoms with van der Waals surface area (Å²) in [4.78, 5) is 17.3. The van der Waals surface area contributed by atoms with E-state index in [2.05, 4.69) is 10.3 Å². The third-order valence-corrected chi connectivity index (χ3v) is 7.76. The largest absolute Gasteiger partial charge is 0.497 e. The zero-order valence-electron chi connectivity index (χ0n) is 16.5. The fourth-order valence-electron chi connectivity index (χ4n) is 3.35. The van der Waals surface area contributed by atoms with E-state index in [-0.39, 0.29) is 10.8 Å². The number of rotatable bonds is 6. The molecule has 0 unspecified atom stereocenters. The third-order valence-electron chi connectivity index (χ3n) is 4.94. The lowest BCUT2D eigenvalue weighted by molar-refractivity contribution is 0.102. The molecule has 0 bridgehead atoms. The number of nitrogens with zero attached hydrogens (tertiary/aromatic N) is 2. The summed E-state index contributed by atoms with van der Waals surface area (Å²) in [5.41, 5.74) is 0.965. The standard InChI is InChI=1S/C20H21N3O5S2/c1-27-13-5-7-15(17(11-13)28-2)19(24)22-20-21-16-8-6-14(12-18(16)29-20)30(25,26)23-9-3-4-10-23/h5-8,11-12H,3-4,9-10H2,1-2H3,(H,21,22,24). The molecule has 1 aliphatic heterocycles. The fourth-order valence-corrected chi connectivity index (χ4v) is 5.87. The van der Waals surface area contributed by atoms with Crippen LogP contribution in [0.2, 0.25) is 0 Å². The van der Waals surface area contributed by atoms with Gasteiger partial charge in [-0.1, -0.05) is 11.3 Å². The van der Waals surface area contributed by atoms with Gasteiger partial charge in [0.1, 0.15) is 11.5 Å². The lowest BCUT2D eigenvalue weighted by atomic mass is 10.2. The number of sulfonamides is 1. The van der Waals surface area contributed by atoms with E-state index in [4.69, 9.17) is 9.47 Å². The predicted molar refractivity (Wildman–Crippen MR) is 115 cm³/mol. The van der Waals surface area contributed by atoms with Crippen molar-refractivity contribution in [3.05, 3.63) is 42.0 Å². The lowest BCUT2D eigenvalue weighted by Crippen LogP contribution is -2.27. The number of anilines is 1. The molecule has 1 amide bonds. The van der Waals surface area contributed by atoms with Crippen molar-refractivity contribution in [2.45, 2.75) is 17.7 Å². The highest BCUT2D eigenvalue weighted by molar-refractivity contribution is 7.89. The average Bonchev–Trinajstić information content (AvgIpc) is 3.42. The van der Waals surface area contributed by atoms with Gasteiger partial charge in [-0.2, -0.15) is 4.31 Å². The van der Waals surface area contributed by atoms with Crippen LogP contribution in [0.4, 0.5) is 5.13 Å². The Morgan fingerprint density at radius 2 is 1.87 bits per heavy atom. The molecular weight excluding hydrogens is 426 g/mol. The van der Waals surface area contributed by atoms with Gasteiger partial charge in [0.05, 0.1) is 34.9 Å². The molecule has 0 radical (unpaired) electrons. The van der Waals surface area contributed by atoms with Crippen LogP contribution in [0.5, 0.6) is 11.5 Å². The molecule has 0 spiro atoms. The number of ether oxygens (including phenoxy) is 2. The maximum atomic E-state index is 12.8. The first-order valence-corrected chi connectivity index (χ1v) is 11.6. The quantitative estimate of drug-likeness (QED) is 0.622. The molecule has 8 nitrogen and oxygen atoms in total. The van der Waals surface area contributed by atoms with Crippen LogP contribution in [0.25, 0.3) is 10.2 Å². The molecular formula is C20H21N3O5S2. The van der Waals surface area contributed by atoms with Crippen LogP contribution in [-0.4, -0.2) is 50.9 Å². The van der Waals surface area contributed by atoms with Crippen molar-refractivity contribution < 1.29 is 22.7 Å². The van der Waals surface area contributed by atoms with Crippen LogP contribution < -0.4 is 14.8 Å². The zero-order valence-corrected chi connectivity index (χ0v) is 18.2. The summed E-state index contributed by atoms with van der Waals surface area (Å²) in [6.07, 6.45) is 1.76. The maximum absolute atomic E-state index is 12.8. The van der Waals surface area contributed by atoms with Crippen molar-refractivity contribution in [2.75, 3.05) is 32.6 Å². The Morgan fingerprint density at radius 1 is 1.10 bits per heavy atom. The van der Waals surface area contributed by atoms with E-state index in [1.54, 1.807) is 36.4 Å². The van der Waals surface area contributed by atoms with Gasteiger partial charge in [0.2, 0.25) is 10.0 Å². The highest BCUT2D eigenvalue weighted by Gasteiger charge is 2.27. The normalized spacial score (nSPS) is 14.7. The number of hydrogen-bond donors (Lipinski definition) is 1. The van der Waals surface area contributed by atoms with Crippen molar-refractivity contribution in [1.82, 2.24) is 9.29 Å². The molecule has 30 heavy (non-hydrogen) atoms. The van der Waals surface area contributed by atoms with Crippen molar-refractivity contribution in [3.8, 4) is 11.5 Å². The summed E-state index contributed by atoms with van der Waals surface area (Å²) in [5, 5.41) is 3.14.